The number of benzene rings is 2. The third-order valence-corrected chi connectivity index (χ3v) is 9.54. The number of carbonyl (C=O) groups excluding carboxylic acids is 2. The Morgan fingerprint density at radius 1 is 1.11 bits per heavy atom. The number of sulfone groups is 1. The molecular weight excluding hydrogens is 557 g/mol. The molecule has 37 heavy (non-hydrogen) atoms. The first-order valence-corrected chi connectivity index (χ1v) is 15.0. The first kappa shape index (κ1) is 27.8. The lowest BCUT2D eigenvalue weighted by molar-refractivity contribution is -0.119. The molecule has 2 heterocycles. The number of amidine groups is 1. The summed E-state index contributed by atoms with van der Waals surface area (Å²) in [5.41, 5.74) is 0.470. The summed E-state index contributed by atoms with van der Waals surface area (Å²) in [6.45, 7) is 5.19. The molecule has 2 aromatic carbocycles. The van der Waals surface area contributed by atoms with E-state index in [-0.39, 0.29) is 28.3 Å². The Hall–Kier alpha value is -2.27. The fourth-order valence-corrected chi connectivity index (χ4v) is 8.70. The number of ether oxygens (including phenoxy) is 1. The molecule has 2 aromatic rings. The molecule has 12 heteroatoms. The molecule has 198 valence electrons. The lowest BCUT2D eigenvalue weighted by Gasteiger charge is -2.27. The van der Waals surface area contributed by atoms with Crippen molar-refractivity contribution in [3.8, 4) is 0 Å². The highest BCUT2D eigenvalue weighted by Crippen LogP contribution is 2.45. The maximum Gasteiger partial charge on any atom is 0.408 e. The van der Waals surface area contributed by atoms with Crippen molar-refractivity contribution in [1.29, 1.82) is 0 Å². The predicted octanol–water partition coefficient (Wildman–Crippen LogP) is 4.73. The van der Waals surface area contributed by atoms with Crippen molar-refractivity contribution < 1.29 is 22.7 Å². The summed E-state index contributed by atoms with van der Waals surface area (Å²) in [6, 6.07) is 12.7. The van der Waals surface area contributed by atoms with Gasteiger partial charge in [0.25, 0.3) is 5.91 Å². The fraction of sp³-hybridized carbons (Fsp3) is 0.400. The van der Waals surface area contributed by atoms with Crippen LogP contribution in [-0.4, -0.2) is 60.0 Å². The minimum atomic E-state index is -3.28. The molecule has 1 N–H and O–H groups in total. The summed E-state index contributed by atoms with van der Waals surface area (Å²) in [7, 11) is -3.28. The number of carbonyl (C=O) groups is 2. The second-order valence-corrected chi connectivity index (χ2v) is 14.0. The number of halogens is 2. The van der Waals surface area contributed by atoms with E-state index in [4.69, 9.17) is 27.9 Å². The summed E-state index contributed by atoms with van der Waals surface area (Å²) < 4.78 is 30.1. The average Bonchev–Trinajstić information content (AvgIpc) is 3.24. The topological polar surface area (TPSA) is 105 Å². The van der Waals surface area contributed by atoms with Gasteiger partial charge in [-0.2, -0.15) is 4.99 Å². The largest absolute Gasteiger partial charge is 0.444 e. The zero-order valence-electron chi connectivity index (χ0n) is 20.5. The SMILES string of the molecule is CC(C)(C)OC(=O)N[C@H](Cc1ccccc1)C(=O)N=C1S[C@H]2CS(=O)(=O)C[C@H]2N1c1c(Cl)cccc1Cl. The predicted molar refractivity (Wildman–Crippen MR) is 149 cm³/mol. The number of rotatable bonds is 5. The van der Waals surface area contributed by atoms with Crippen molar-refractivity contribution in [2.75, 3.05) is 16.4 Å². The summed E-state index contributed by atoms with van der Waals surface area (Å²) in [5.74, 6) is -0.756. The molecule has 0 aliphatic carbocycles. The average molecular weight is 585 g/mol. The van der Waals surface area contributed by atoms with Gasteiger partial charge in [0.15, 0.2) is 15.0 Å². The number of thioether (sulfide) groups is 1. The van der Waals surface area contributed by atoms with Crippen molar-refractivity contribution in [3.05, 3.63) is 64.1 Å². The summed E-state index contributed by atoms with van der Waals surface area (Å²) in [4.78, 5) is 32.1. The molecular formula is C25H27Cl2N3O5S2. The first-order chi connectivity index (χ1) is 17.3. The van der Waals surface area contributed by atoms with Crippen LogP contribution in [0.1, 0.15) is 26.3 Å². The van der Waals surface area contributed by atoms with E-state index < -0.39 is 39.5 Å². The number of nitrogens with zero attached hydrogens (tertiary/aromatic N) is 2. The quantitative estimate of drug-likeness (QED) is 0.542. The number of alkyl carbamates (subject to hydrolysis) is 1. The highest BCUT2D eigenvalue weighted by atomic mass is 35.5. The maximum absolute atomic E-state index is 13.5. The van der Waals surface area contributed by atoms with Gasteiger partial charge >= 0.3 is 6.09 Å². The fourth-order valence-electron chi connectivity index (χ4n) is 4.22. The zero-order chi connectivity index (χ0) is 27.0. The molecule has 2 amide bonds. The van der Waals surface area contributed by atoms with Crippen LogP contribution in [0.3, 0.4) is 0 Å². The zero-order valence-corrected chi connectivity index (χ0v) is 23.6. The van der Waals surface area contributed by atoms with Crippen LogP contribution >= 0.6 is 35.0 Å². The Balaban J connectivity index is 1.69. The second-order valence-electron chi connectivity index (χ2n) is 9.86. The van der Waals surface area contributed by atoms with Crippen molar-refractivity contribution in [2.24, 2.45) is 4.99 Å². The van der Waals surface area contributed by atoms with Crippen LogP contribution in [0.25, 0.3) is 0 Å². The third kappa shape index (κ3) is 6.79. The molecule has 3 atom stereocenters. The molecule has 8 nitrogen and oxygen atoms in total. The number of para-hydroxylation sites is 1. The smallest absolute Gasteiger partial charge is 0.408 e. The first-order valence-electron chi connectivity index (χ1n) is 11.6. The second kappa shape index (κ2) is 10.8. The van der Waals surface area contributed by atoms with Crippen LogP contribution in [0.15, 0.2) is 53.5 Å². The van der Waals surface area contributed by atoms with Gasteiger partial charge in [-0.05, 0) is 38.5 Å². The van der Waals surface area contributed by atoms with Gasteiger partial charge in [-0.1, -0.05) is 71.4 Å². The van der Waals surface area contributed by atoms with E-state index in [1.165, 1.54) is 11.8 Å². The minimum Gasteiger partial charge on any atom is -0.444 e. The third-order valence-electron chi connectivity index (χ3n) is 5.72. The number of fused-ring (bicyclic) bond motifs is 1. The van der Waals surface area contributed by atoms with Gasteiger partial charge in [-0.25, -0.2) is 13.2 Å². The molecule has 0 radical (unpaired) electrons. The monoisotopic (exact) mass is 583 g/mol. The summed E-state index contributed by atoms with van der Waals surface area (Å²) in [6.07, 6.45) is -0.552. The standard InChI is InChI=1S/C25H27Cl2N3O5S2/c1-25(2,3)35-24(32)28-18(12-15-8-5-4-6-9-15)22(31)29-23-30(21-16(26)10-7-11-17(21)27)19-13-37(33,34)14-20(19)36-23/h4-11,18-20H,12-14H2,1-3H3,(H,28,32)/t18-,19-,20+/m1/s1. The molecule has 2 aliphatic heterocycles. The van der Waals surface area contributed by atoms with Crippen LogP contribution in [0.2, 0.25) is 10.0 Å². The summed E-state index contributed by atoms with van der Waals surface area (Å²) >= 11 is 14.1. The lowest BCUT2D eigenvalue weighted by Crippen LogP contribution is -2.45. The van der Waals surface area contributed by atoms with Gasteiger partial charge in [-0.15, -0.1) is 0 Å². The molecule has 0 saturated carbocycles. The number of hydrogen-bond donors (Lipinski definition) is 1. The van der Waals surface area contributed by atoms with Gasteiger partial charge in [0.1, 0.15) is 11.6 Å². The van der Waals surface area contributed by atoms with E-state index >= 15 is 0 Å². The van der Waals surface area contributed by atoms with Gasteiger partial charge in [0.2, 0.25) is 0 Å². The van der Waals surface area contributed by atoms with Crippen molar-refractivity contribution in [2.45, 2.75) is 50.1 Å². The van der Waals surface area contributed by atoms with Crippen molar-refractivity contribution in [3.63, 3.8) is 0 Å². The molecule has 0 spiro atoms. The van der Waals surface area contributed by atoms with E-state index in [0.717, 1.165) is 5.56 Å². The van der Waals surface area contributed by atoms with E-state index in [2.05, 4.69) is 10.3 Å². The molecule has 0 aromatic heterocycles. The van der Waals surface area contributed by atoms with E-state index in [1.54, 1.807) is 43.9 Å². The Kier molecular flexibility index (Phi) is 8.13. The van der Waals surface area contributed by atoms with Crippen LogP contribution in [0.4, 0.5) is 10.5 Å². The van der Waals surface area contributed by atoms with Gasteiger partial charge in [-0.3, -0.25) is 4.79 Å². The number of amides is 2. The summed E-state index contributed by atoms with van der Waals surface area (Å²) in [5, 5.41) is 3.21. The molecule has 0 unspecified atom stereocenters. The van der Waals surface area contributed by atoms with Gasteiger partial charge in [0.05, 0.1) is 33.3 Å². The van der Waals surface area contributed by atoms with E-state index in [0.29, 0.717) is 15.7 Å². The van der Waals surface area contributed by atoms with Gasteiger partial charge < -0.3 is 15.0 Å². The number of anilines is 1. The lowest BCUT2D eigenvalue weighted by atomic mass is 10.1. The Morgan fingerprint density at radius 2 is 1.76 bits per heavy atom. The number of hydrogen-bond acceptors (Lipinski definition) is 6. The van der Waals surface area contributed by atoms with Crippen molar-refractivity contribution >= 4 is 67.7 Å². The van der Waals surface area contributed by atoms with Crippen LogP contribution < -0.4 is 10.2 Å². The number of nitrogens with one attached hydrogen (secondary N) is 1. The Labute approximate surface area is 230 Å². The highest BCUT2D eigenvalue weighted by Gasteiger charge is 2.50. The normalized spacial score (nSPS) is 22.5. The molecule has 2 fully saturated rings. The molecule has 2 saturated heterocycles. The van der Waals surface area contributed by atoms with Crippen LogP contribution in [0, 0.1) is 0 Å². The van der Waals surface area contributed by atoms with Gasteiger partial charge in [0, 0.05) is 11.7 Å². The Bertz CT molecular complexity index is 1310. The number of aliphatic imine (C=N–C) groups is 1. The molecule has 4 rings (SSSR count). The molecule has 0 bridgehead atoms. The minimum absolute atomic E-state index is 0.0439. The van der Waals surface area contributed by atoms with E-state index in [9.17, 15) is 18.0 Å². The Morgan fingerprint density at radius 3 is 2.38 bits per heavy atom. The molecule has 2 aliphatic rings. The van der Waals surface area contributed by atoms with Crippen LogP contribution in [-0.2, 0) is 25.8 Å². The van der Waals surface area contributed by atoms with Crippen molar-refractivity contribution in [1.82, 2.24) is 5.32 Å². The highest BCUT2D eigenvalue weighted by molar-refractivity contribution is 8.16. The maximum atomic E-state index is 13.5. The van der Waals surface area contributed by atoms with Crippen LogP contribution in [0.5, 0.6) is 0 Å². The van der Waals surface area contributed by atoms with E-state index in [1.807, 2.05) is 30.3 Å².